The van der Waals surface area contributed by atoms with E-state index in [0.29, 0.717) is 5.69 Å². The predicted molar refractivity (Wildman–Crippen MR) is 115 cm³/mol. The van der Waals surface area contributed by atoms with E-state index in [0.717, 1.165) is 15.4 Å². The second-order valence-corrected chi connectivity index (χ2v) is 8.90. The lowest BCUT2D eigenvalue weighted by Gasteiger charge is -2.27. The summed E-state index contributed by atoms with van der Waals surface area (Å²) in [6.07, 6.45) is 0. The fourth-order valence-electron chi connectivity index (χ4n) is 3.01. The molecule has 0 heterocycles. The van der Waals surface area contributed by atoms with Crippen molar-refractivity contribution in [3.63, 3.8) is 0 Å². The Morgan fingerprint density at radius 1 is 0.933 bits per heavy atom. The molecule has 0 aliphatic rings. The van der Waals surface area contributed by atoms with E-state index in [-0.39, 0.29) is 29.7 Å². The highest BCUT2D eigenvalue weighted by Crippen LogP contribution is 2.24. The van der Waals surface area contributed by atoms with Crippen LogP contribution in [0.2, 0.25) is 0 Å². The van der Waals surface area contributed by atoms with Gasteiger partial charge in [-0.1, -0.05) is 42.5 Å². The molecule has 30 heavy (non-hydrogen) atoms. The topological polar surface area (TPSA) is 57.7 Å². The van der Waals surface area contributed by atoms with Crippen molar-refractivity contribution in [3.05, 3.63) is 95.8 Å². The summed E-state index contributed by atoms with van der Waals surface area (Å²) < 4.78 is 40.9. The molecule has 1 amide bonds. The summed E-state index contributed by atoms with van der Waals surface area (Å²) in [5, 5.41) is 0. The van der Waals surface area contributed by atoms with Crippen molar-refractivity contribution in [2.75, 3.05) is 17.9 Å². The monoisotopic (exact) mass is 426 g/mol. The highest BCUT2D eigenvalue weighted by Gasteiger charge is 2.28. The smallest absolute Gasteiger partial charge is 0.264 e. The number of anilines is 1. The van der Waals surface area contributed by atoms with Gasteiger partial charge < -0.3 is 4.90 Å². The fraction of sp³-hybridized carbons (Fsp3) is 0.174. The third kappa shape index (κ3) is 5.04. The number of hydrogen-bond acceptors (Lipinski definition) is 3. The molecule has 0 fully saturated rings. The van der Waals surface area contributed by atoms with Crippen molar-refractivity contribution in [3.8, 4) is 0 Å². The molecule has 3 aromatic rings. The molecule has 0 radical (unpaired) electrons. The molecule has 3 rings (SSSR count). The molecule has 0 spiro atoms. The van der Waals surface area contributed by atoms with Crippen LogP contribution in [0.15, 0.2) is 83.8 Å². The van der Waals surface area contributed by atoms with Gasteiger partial charge in [0.2, 0.25) is 5.91 Å². The lowest BCUT2D eigenvalue weighted by Crippen LogP contribution is -2.41. The lowest BCUT2D eigenvalue weighted by atomic mass is 10.2. The molecule has 0 saturated carbocycles. The Balaban J connectivity index is 1.88. The SMILES string of the molecule is Cc1cccc(S(=O)(=O)N(CC(=O)N(C)Cc2ccc(F)cc2)c2ccccc2)c1. The maximum atomic E-state index is 13.4. The first-order valence-electron chi connectivity index (χ1n) is 9.40. The van der Waals surface area contributed by atoms with Gasteiger partial charge in [0.25, 0.3) is 10.0 Å². The Bertz CT molecular complexity index is 1120. The maximum absolute atomic E-state index is 13.4. The van der Waals surface area contributed by atoms with Gasteiger partial charge in [-0.25, -0.2) is 12.8 Å². The van der Waals surface area contributed by atoms with Gasteiger partial charge in [0.15, 0.2) is 0 Å². The van der Waals surface area contributed by atoms with E-state index in [2.05, 4.69) is 0 Å². The number of rotatable bonds is 7. The first-order valence-corrected chi connectivity index (χ1v) is 10.8. The van der Waals surface area contributed by atoms with Crippen LogP contribution in [-0.2, 0) is 21.4 Å². The van der Waals surface area contributed by atoms with Crippen LogP contribution < -0.4 is 4.31 Å². The molecule has 0 aliphatic carbocycles. The van der Waals surface area contributed by atoms with Gasteiger partial charge in [0.05, 0.1) is 10.6 Å². The van der Waals surface area contributed by atoms with Gasteiger partial charge >= 0.3 is 0 Å². The molecule has 7 heteroatoms. The maximum Gasteiger partial charge on any atom is 0.264 e. The van der Waals surface area contributed by atoms with E-state index in [1.165, 1.54) is 23.1 Å². The van der Waals surface area contributed by atoms with Crippen molar-refractivity contribution in [2.24, 2.45) is 0 Å². The lowest BCUT2D eigenvalue weighted by molar-refractivity contribution is -0.128. The van der Waals surface area contributed by atoms with Crippen LogP contribution in [0.1, 0.15) is 11.1 Å². The zero-order valence-corrected chi connectivity index (χ0v) is 17.6. The van der Waals surface area contributed by atoms with E-state index in [9.17, 15) is 17.6 Å². The zero-order chi connectivity index (χ0) is 21.7. The van der Waals surface area contributed by atoms with Gasteiger partial charge in [-0.05, 0) is 54.4 Å². The van der Waals surface area contributed by atoms with Crippen LogP contribution in [0, 0.1) is 12.7 Å². The fourth-order valence-corrected chi connectivity index (χ4v) is 4.53. The summed E-state index contributed by atoms with van der Waals surface area (Å²) in [5.74, 6) is -0.730. The van der Waals surface area contributed by atoms with Gasteiger partial charge in [0.1, 0.15) is 12.4 Å². The largest absolute Gasteiger partial charge is 0.340 e. The highest BCUT2D eigenvalue weighted by atomic mass is 32.2. The minimum atomic E-state index is -3.95. The number of halogens is 1. The van der Waals surface area contributed by atoms with Gasteiger partial charge in [-0.3, -0.25) is 9.10 Å². The van der Waals surface area contributed by atoms with E-state index in [1.807, 2.05) is 13.0 Å². The summed E-state index contributed by atoms with van der Waals surface area (Å²) in [7, 11) is -2.36. The van der Waals surface area contributed by atoms with E-state index < -0.39 is 10.0 Å². The number of benzene rings is 3. The van der Waals surface area contributed by atoms with Crippen molar-refractivity contribution < 1.29 is 17.6 Å². The van der Waals surface area contributed by atoms with Crippen LogP contribution in [0.3, 0.4) is 0 Å². The van der Waals surface area contributed by atoms with Crippen LogP contribution in [0.25, 0.3) is 0 Å². The van der Waals surface area contributed by atoms with E-state index in [4.69, 9.17) is 0 Å². The van der Waals surface area contributed by atoms with Crippen LogP contribution in [-0.4, -0.2) is 32.8 Å². The van der Waals surface area contributed by atoms with Crippen LogP contribution in [0.4, 0.5) is 10.1 Å². The molecule has 156 valence electrons. The zero-order valence-electron chi connectivity index (χ0n) is 16.8. The Morgan fingerprint density at radius 3 is 2.23 bits per heavy atom. The average molecular weight is 427 g/mol. The number of aryl methyl sites for hydroxylation is 1. The highest BCUT2D eigenvalue weighted by molar-refractivity contribution is 7.92. The summed E-state index contributed by atoms with van der Waals surface area (Å²) in [5.41, 5.74) is 1.96. The standard InChI is InChI=1S/C23H23FN2O3S/c1-18-7-6-10-22(15-18)30(28,29)26(21-8-4-3-5-9-21)17-23(27)25(2)16-19-11-13-20(24)14-12-19/h3-15H,16-17H2,1-2H3. The second kappa shape index (κ2) is 9.09. The number of carbonyl (C=O) groups is 1. The first-order chi connectivity index (χ1) is 14.3. The molecule has 0 atom stereocenters. The summed E-state index contributed by atoms with van der Waals surface area (Å²) >= 11 is 0. The number of sulfonamides is 1. The molecular weight excluding hydrogens is 403 g/mol. The molecule has 0 N–H and O–H groups in total. The molecule has 0 bridgehead atoms. The normalized spacial score (nSPS) is 11.2. The van der Waals surface area contributed by atoms with E-state index >= 15 is 0 Å². The Hall–Kier alpha value is -3.19. The van der Waals surface area contributed by atoms with Gasteiger partial charge in [0, 0.05) is 13.6 Å². The van der Waals surface area contributed by atoms with Crippen LogP contribution in [0.5, 0.6) is 0 Å². The van der Waals surface area contributed by atoms with Crippen LogP contribution >= 0.6 is 0 Å². The molecular formula is C23H23FN2O3S. The minimum Gasteiger partial charge on any atom is -0.340 e. The number of likely N-dealkylation sites (N-methyl/N-ethyl adjacent to an activating group) is 1. The molecule has 3 aromatic carbocycles. The Labute approximate surface area is 176 Å². The average Bonchev–Trinajstić information content (AvgIpc) is 2.74. The number of amides is 1. The number of hydrogen-bond donors (Lipinski definition) is 0. The summed E-state index contributed by atoms with van der Waals surface area (Å²) in [6, 6.07) is 21.0. The van der Waals surface area contributed by atoms with Crippen molar-refractivity contribution in [1.82, 2.24) is 4.90 Å². The first kappa shape index (κ1) is 21.5. The predicted octanol–water partition coefficient (Wildman–Crippen LogP) is 3.99. The molecule has 0 unspecified atom stereocenters. The van der Waals surface area contributed by atoms with E-state index in [1.54, 1.807) is 61.6 Å². The Morgan fingerprint density at radius 2 is 1.60 bits per heavy atom. The summed E-state index contributed by atoms with van der Waals surface area (Å²) in [4.78, 5) is 14.4. The Kier molecular flexibility index (Phi) is 6.52. The third-order valence-corrected chi connectivity index (χ3v) is 6.43. The van der Waals surface area contributed by atoms with Crippen molar-refractivity contribution in [2.45, 2.75) is 18.4 Å². The number of carbonyl (C=O) groups excluding carboxylic acids is 1. The van der Waals surface area contributed by atoms with Gasteiger partial charge in [-0.2, -0.15) is 0 Å². The molecule has 5 nitrogen and oxygen atoms in total. The third-order valence-electron chi connectivity index (χ3n) is 4.66. The number of para-hydroxylation sites is 1. The van der Waals surface area contributed by atoms with Crippen molar-refractivity contribution in [1.29, 1.82) is 0 Å². The molecule has 0 saturated heterocycles. The van der Waals surface area contributed by atoms with Crippen molar-refractivity contribution >= 4 is 21.6 Å². The molecule has 0 aliphatic heterocycles. The van der Waals surface area contributed by atoms with Gasteiger partial charge in [-0.15, -0.1) is 0 Å². The molecule has 0 aromatic heterocycles. The minimum absolute atomic E-state index is 0.125. The number of nitrogens with zero attached hydrogens (tertiary/aromatic N) is 2. The summed E-state index contributed by atoms with van der Waals surface area (Å²) in [6.45, 7) is 1.71. The quantitative estimate of drug-likeness (QED) is 0.574. The second-order valence-electron chi connectivity index (χ2n) is 7.04.